The number of hydrogen-bond acceptors (Lipinski definition) is 1. The summed E-state index contributed by atoms with van der Waals surface area (Å²) >= 11 is 0. The van der Waals surface area contributed by atoms with Crippen molar-refractivity contribution in [2.45, 2.75) is 25.7 Å². The van der Waals surface area contributed by atoms with E-state index < -0.39 is 8.07 Å². The normalized spacial score (nSPS) is 11.2. The van der Waals surface area contributed by atoms with Crippen LogP contribution in [0.25, 0.3) is 0 Å². The van der Waals surface area contributed by atoms with E-state index in [-0.39, 0.29) is 5.91 Å². The molecule has 82 valence electrons. The second-order valence-electron chi connectivity index (χ2n) is 5.03. The monoisotopic (exact) mass is 221 g/mol. The van der Waals surface area contributed by atoms with Gasteiger partial charge in [-0.05, 0) is 12.1 Å². The third-order valence-electron chi connectivity index (χ3n) is 2.20. The summed E-state index contributed by atoms with van der Waals surface area (Å²) in [6.45, 7) is 6.64. The van der Waals surface area contributed by atoms with E-state index in [1.165, 1.54) is 0 Å². The van der Waals surface area contributed by atoms with Crippen molar-refractivity contribution in [3.05, 3.63) is 30.3 Å². The topological polar surface area (TPSA) is 20.3 Å². The molecule has 1 aromatic rings. The van der Waals surface area contributed by atoms with Gasteiger partial charge in [0.25, 0.3) is 0 Å². The van der Waals surface area contributed by atoms with Gasteiger partial charge in [0, 0.05) is 18.8 Å². The van der Waals surface area contributed by atoms with Crippen molar-refractivity contribution in [1.29, 1.82) is 0 Å². The molecule has 1 amide bonds. The summed E-state index contributed by atoms with van der Waals surface area (Å²) in [6, 6.07) is 10.5. The maximum absolute atomic E-state index is 11.9. The highest BCUT2D eigenvalue weighted by Crippen LogP contribution is 2.16. The Hall–Kier alpha value is -1.09. The van der Waals surface area contributed by atoms with Crippen molar-refractivity contribution in [2.24, 2.45) is 0 Å². The molecule has 0 aliphatic rings. The molecule has 1 rings (SSSR count). The summed E-state index contributed by atoms with van der Waals surface area (Å²) in [5.41, 5.74) is 0.973. The van der Waals surface area contributed by atoms with Crippen LogP contribution in [0.3, 0.4) is 0 Å². The van der Waals surface area contributed by atoms with Gasteiger partial charge in [0.05, 0.1) is 8.07 Å². The molecule has 0 spiro atoms. The van der Waals surface area contributed by atoms with E-state index in [2.05, 4.69) is 19.6 Å². The molecule has 15 heavy (non-hydrogen) atoms. The van der Waals surface area contributed by atoms with Gasteiger partial charge < -0.3 is 4.90 Å². The van der Waals surface area contributed by atoms with E-state index in [9.17, 15) is 4.79 Å². The number of rotatable bonds is 3. The summed E-state index contributed by atoms with van der Waals surface area (Å²) in [7, 11) is 0.538. The number of amides is 1. The van der Waals surface area contributed by atoms with Crippen molar-refractivity contribution in [3.63, 3.8) is 0 Å². The Morgan fingerprint density at radius 2 is 1.73 bits per heavy atom. The van der Waals surface area contributed by atoms with Crippen LogP contribution in [-0.2, 0) is 4.79 Å². The molecule has 1 aromatic carbocycles. The molecule has 0 atom stereocenters. The zero-order valence-corrected chi connectivity index (χ0v) is 10.9. The van der Waals surface area contributed by atoms with E-state index >= 15 is 0 Å². The molecule has 0 heterocycles. The third kappa shape index (κ3) is 3.87. The molecule has 0 radical (unpaired) electrons. The maximum Gasteiger partial charge on any atom is 0.224 e. The molecule has 3 heteroatoms. The number of carbonyl (C=O) groups is 1. The number of carbonyl (C=O) groups excluding carboxylic acids is 1. The highest BCUT2D eigenvalue weighted by molar-refractivity contribution is 6.79. The third-order valence-corrected chi connectivity index (χ3v) is 3.56. The largest absolute Gasteiger partial charge is 0.316 e. The molecular formula is C12H19NOSi. The molecule has 0 bridgehead atoms. The number of hydrogen-bond donors (Lipinski definition) is 0. The second-order valence-corrected chi connectivity index (χ2v) is 10.5. The molecule has 0 unspecified atom stereocenters. The number of para-hydroxylation sites is 1. The van der Waals surface area contributed by atoms with Gasteiger partial charge >= 0.3 is 0 Å². The lowest BCUT2D eigenvalue weighted by Crippen LogP contribution is -2.33. The molecule has 0 aliphatic carbocycles. The standard InChI is InChI=1S/C12H19NOSi/c1-13(11-8-6-5-7-9-11)12(14)10-15(2,3)4/h5-9H,10H2,1-4H3. The summed E-state index contributed by atoms with van der Waals surface area (Å²) in [6.07, 6.45) is 0. The summed E-state index contributed by atoms with van der Waals surface area (Å²) in [5.74, 6) is 0.223. The summed E-state index contributed by atoms with van der Waals surface area (Å²) < 4.78 is 0. The lowest BCUT2D eigenvalue weighted by molar-refractivity contribution is -0.116. The predicted octanol–water partition coefficient (Wildman–Crippen LogP) is 2.99. The molecule has 0 aromatic heterocycles. The first kappa shape index (κ1) is 12.0. The van der Waals surface area contributed by atoms with E-state index in [0.717, 1.165) is 5.69 Å². The molecule has 0 N–H and O–H groups in total. The lowest BCUT2D eigenvalue weighted by Gasteiger charge is -2.22. The summed E-state index contributed by atoms with van der Waals surface area (Å²) in [5, 5.41) is 0. The minimum absolute atomic E-state index is 0.223. The van der Waals surface area contributed by atoms with Crippen LogP contribution in [0.1, 0.15) is 0 Å². The van der Waals surface area contributed by atoms with Crippen LogP contribution >= 0.6 is 0 Å². The smallest absolute Gasteiger partial charge is 0.224 e. The van der Waals surface area contributed by atoms with E-state index in [1.807, 2.05) is 37.4 Å². The van der Waals surface area contributed by atoms with Gasteiger partial charge in [-0.1, -0.05) is 37.8 Å². The van der Waals surface area contributed by atoms with Crippen LogP contribution in [0.5, 0.6) is 0 Å². The van der Waals surface area contributed by atoms with Crippen LogP contribution in [0.15, 0.2) is 30.3 Å². The van der Waals surface area contributed by atoms with Gasteiger partial charge in [0.1, 0.15) is 0 Å². The lowest BCUT2D eigenvalue weighted by atomic mass is 10.3. The number of anilines is 1. The Bertz CT molecular complexity index is 329. The minimum atomic E-state index is -1.31. The first-order chi connectivity index (χ1) is 6.90. The van der Waals surface area contributed by atoms with Gasteiger partial charge in [-0.15, -0.1) is 0 Å². The van der Waals surface area contributed by atoms with Gasteiger partial charge in [0.2, 0.25) is 5.91 Å². The number of benzene rings is 1. The van der Waals surface area contributed by atoms with Crippen LogP contribution in [0.2, 0.25) is 25.7 Å². The van der Waals surface area contributed by atoms with Crippen molar-refractivity contribution in [1.82, 2.24) is 0 Å². The van der Waals surface area contributed by atoms with Crippen molar-refractivity contribution < 1.29 is 4.79 Å². The Morgan fingerprint density at radius 3 is 2.20 bits per heavy atom. The van der Waals surface area contributed by atoms with Crippen LogP contribution in [-0.4, -0.2) is 21.0 Å². The molecule has 0 aliphatic heterocycles. The molecule has 0 fully saturated rings. The highest BCUT2D eigenvalue weighted by Gasteiger charge is 2.21. The van der Waals surface area contributed by atoms with E-state index in [4.69, 9.17) is 0 Å². The Kier molecular flexibility index (Phi) is 3.69. The molecular weight excluding hydrogens is 202 g/mol. The van der Waals surface area contributed by atoms with Gasteiger partial charge in [-0.25, -0.2) is 0 Å². The molecule has 0 saturated heterocycles. The van der Waals surface area contributed by atoms with Crippen LogP contribution in [0, 0.1) is 0 Å². The van der Waals surface area contributed by atoms with Crippen LogP contribution in [0.4, 0.5) is 5.69 Å². The van der Waals surface area contributed by atoms with Gasteiger partial charge in [-0.2, -0.15) is 0 Å². The fourth-order valence-electron chi connectivity index (χ4n) is 1.37. The minimum Gasteiger partial charge on any atom is -0.316 e. The first-order valence-corrected chi connectivity index (χ1v) is 8.92. The quantitative estimate of drug-likeness (QED) is 0.719. The van der Waals surface area contributed by atoms with E-state index in [0.29, 0.717) is 6.04 Å². The van der Waals surface area contributed by atoms with Crippen molar-refractivity contribution in [3.8, 4) is 0 Å². The molecule has 0 saturated carbocycles. The predicted molar refractivity (Wildman–Crippen MR) is 68.0 cm³/mol. The van der Waals surface area contributed by atoms with Crippen LogP contribution < -0.4 is 4.90 Å². The van der Waals surface area contributed by atoms with Gasteiger partial charge in [-0.3, -0.25) is 4.79 Å². The molecule has 2 nitrogen and oxygen atoms in total. The first-order valence-electron chi connectivity index (χ1n) is 5.22. The SMILES string of the molecule is CN(C(=O)C[Si](C)(C)C)c1ccccc1. The fourth-order valence-corrected chi connectivity index (χ4v) is 2.51. The van der Waals surface area contributed by atoms with Crippen molar-refractivity contribution in [2.75, 3.05) is 11.9 Å². The Balaban J connectivity index is 2.70. The Morgan fingerprint density at radius 1 is 1.20 bits per heavy atom. The van der Waals surface area contributed by atoms with Crippen molar-refractivity contribution >= 4 is 19.7 Å². The highest BCUT2D eigenvalue weighted by atomic mass is 28.3. The fraction of sp³-hybridized carbons (Fsp3) is 0.417. The van der Waals surface area contributed by atoms with E-state index in [1.54, 1.807) is 4.90 Å². The average molecular weight is 221 g/mol. The second kappa shape index (κ2) is 4.62. The maximum atomic E-state index is 11.9. The zero-order chi connectivity index (χ0) is 11.5. The number of nitrogens with zero attached hydrogens (tertiary/aromatic N) is 1. The van der Waals surface area contributed by atoms with Gasteiger partial charge in [0.15, 0.2) is 0 Å². The average Bonchev–Trinajstić information content (AvgIpc) is 2.15. The zero-order valence-electron chi connectivity index (χ0n) is 9.95. The Labute approximate surface area is 92.9 Å². The summed E-state index contributed by atoms with van der Waals surface area (Å²) in [4.78, 5) is 13.7.